The summed E-state index contributed by atoms with van der Waals surface area (Å²) in [4.78, 5) is 4.71. The van der Waals surface area contributed by atoms with E-state index in [-0.39, 0.29) is 0 Å². The zero-order valence-corrected chi connectivity index (χ0v) is 6.95. The molecular formula is C8H15N3. The molecule has 1 atom stereocenters. The van der Waals surface area contributed by atoms with Gasteiger partial charge in [-0.15, -0.1) is 0 Å². The second kappa shape index (κ2) is 2.83. The van der Waals surface area contributed by atoms with E-state index in [1.807, 2.05) is 0 Å². The molecule has 3 heteroatoms. The molecule has 3 nitrogen and oxygen atoms in total. The Labute approximate surface area is 67.7 Å². The molecule has 0 aromatic heterocycles. The number of rotatable bonds is 0. The van der Waals surface area contributed by atoms with Gasteiger partial charge in [0.15, 0.2) is 0 Å². The Morgan fingerprint density at radius 1 is 1.45 bits per heavy atom. The highest BCUT2D eigenvalue weighted by molar-refractivity contribution is 4.94. The number of fused-ring (bicyclic) bond motifs is 1. The van der Waals surface area contributed by atoms with Gasteiger partial charge in [0.1, 0.15) is 6.29 Å². The van der Waals surface area contributed by atoms with Crippen molar-refractivity contribution in [3.63, 3.8) is 0 Å². The lowest BCUT2D eigenvalue weighted by atomic mass is 10.2. The van der Waals surface area contributed by atoms with Gasteiger partial charge in [0.2, 0.25) is 0 Å². The molecule has 11 heavy (non-hydrogen) atoms. The maximum atomic E-state index is 3.44. The van der Waals surface area contributed by atoms with Gasteiger partial charge in [0.05, 0.1) is 0 Å². The lowest BCUT2D eigenvalue weighted by molar-refractivity contribution is 0.0294. The summed E-state index contributed by atoms with van der Waals surface area (Å²) >= 11 is 0. The molecule has 2 aliphatic rings. The fraction of sp³-hybridized carbons (Fsp3) is 0.750. The van der Waals surface area contributed by atoms with Crippen molar-refractivity contribution in [2.75, 3.05) is 26.7 Å². The lowest BCUT2D eigenvalue weighted by Gasteiger charge is -2.43. The first-order chi connectivity index (χ1) is 5.38. The molecular weight excluding hydrogens is 138 g/mol. The van der Waals surface area contributed by atoms with E-state index in [1.165, 1.54) is 19.5 Å². The minimum atomic E-state index is 0.453. The number of hydrogen-bond donors (Lipinski definition) is 1. The first kappa shape index (κ1) is 7.13. The molecule has 0 amide bonds. The molecule has 1 fully saturated rings. The van der Waals surface area contributed by atoms with E-state index in [0.717, 1.165) is 6.54 Å². The Hall–Kier alpha value is -0.540. The monoisotopic (exact) mass is 153 g/mol. The summed E-state index contributed by atoms with van der Waals surface area (Å²) in [5.41, 5.74) is 0. The fourth-order valence-corrected chi connectivity index (χ4v) is 1.79. The van der Waals surface area contributed by atoms with Gasteiger partial charge >= 0.3 is 0 Å². The van der Waals surface area contributed by atoms with Gasteiger partial charge in [0.25, 0.3) is 0 Å². The van der Waals surface area contributed by atoms with Crippen LogP contribution >= 0.6 is 0 Å². The van der Waals surface area contributed by atoms with E-state index < -0.39 is 0 Å². The summed E-state index contributed by atoms with van der Waals surface area (Å²) in [7, 11) is 2.17. The van der Waals surface area contributed by atoms with Gasteiger partial charge < -0.3 is 4.90 Å². The minimum Gasteiger partial charge on any atom is -0.350 e. The smallest absolute Gasteiger partial charge is 0.136 e. The Morgan fingerprint density at radius 3 is 3.18 bits per heavy atom. The Balaban J connectivity index is 2.08. The number of hydrogen-bond acceptors (Lipinski definition) is 3. The molecule has 1 unspecified atom stereocenters. The molecule has 2 rings (SSSR count). The van der Waals surface area contributed by atoms with Crippen molar-refractivity contribution >= 4 is 0 Å². The Kier molecular flexibility index (Phi) is 1.84. The SMILES string of the molecule is CN1CCCN2C=CCNC12. The van der Waals surface area contributed by atoms with Crippen LogP contribution in [0.25, 0.3) is 0 Å². The van der Waals surface area contributed by atoms with Crippen LogP contribution < -0.4 is 5.32 Å². The first-order valence-corrected chi connectivity index (χ1v) is 4.24. The molecule has 2 heterocycles. The largest absolute Gasteiger partial charge is 0.350 e. The van der Waals surface area contributed by atoms with E-state index in [1.54, 1.807) is 0 Å². The molecule has 0 saturated carbocycles. The number of nitrogens with zero attached hydrogens (tertiary/aromatic N) is 2. The van der Waals surface area contributed by atoms with E-state index in [4.69, 9.17) is 0 Å². The average molecular weight is 153 g/mol. The molecule has 0 aromatic rings. The van der Waals surface area contributed by atoms with Crippen LogP contribution in [-0.4, -0.2) is 42.8 Å². The summed E-state index contributed by atoms with van der Waals surface area (Å²) < 4.78 is 0. The third-order valence-corrected chi connectivity index (χ3v) is 2.37. The molecule has 0 bridgehead atoms. The fourth-order valence-electron chi connectivity index (χ4n) is 1.79. The van der Waals surface area contributed by atoms with Crippen molar-refractivity contribution in [2.24, 2.45) is 0 Å². The maximum absolute atomic E-state index is 3.44. The van der Waals surface area contributed by atoms with Crippen LogP contribution in [0, 0.1) is 0 Å². The zero-order chi connectivity index (χ0) is 7.68. The van der Waals surface area contributed by atoms with Crippen molar-refractivity contribution in [1.82, 2.24) is 15.1 Å². The van der Waals surface area contributed by atoms with E-state index >= 15 is 0 Å². The predicted molar refractivity (Wildman–Crippen MR) is 44.9 cm³/mol. The van der Waals surface area contributed by atoms with Crippen molar-refractivity contribution in [2.45, 2.75) is 12.7 Å². The molecule has 1 saturated heterocycles. The molecule has 0 spiro atoms. The van der Waals surface area contributed by atoms with Crippen LogP contribution in [0.3, 0.4) is 0 Å². The quantitative estimate of drug-likeness (QED) is 0.529. The highest BCUT2D eigenvalue weighted by Gasteiger charge is 2.24. The van der Waals surface area contributed by atoms with Crippen LogP contribution in [-0.2, 0) is 0 Å². The second-order valence-corrected chi connectivity index (χ2v) is 3.24. The van der Waals surface area contributed by atoms with Gasteiger partial charge in [-0.1, -0.05) is 6.08 Å². The summed E-state index contributed by atoms with van der Waals surface area (Å²) in [6.07, 6.45) is 6.11. The zero-order valence-electron chi connectivity index (χ0n) is 6.95. The molecule has 1 N–H and O–H groups in total. The van der Waals surface area contributed by atoms with Crippen molar-refractivity contribution in [3.8, 4) is 0 Å². The summed E-state index contributed by atoms with van der Waals surface area (Å²) in [6, 6.07) is 0. The third kappa shape index (κ3) is 1.26. The van der Waals surface area contributed by atoms with Gasteiger partial charge in [-0.3, -0.25) is 10.2 Å². The van der Waals surface area contributed by atoms with Crippen LogP contribution in [0.4, 0.5) is 0 Å². The minimum absolute atomic E-state index is 0.453. The van der Waals surface area contributed by atoms with Crippen LogP contribution in [0.2, 0.25) is 0 Å². The first-order valence-electron chi connectivity index (χ1n) is 4.24. The van der Waals surface area contributed by atoms with E-state index in [0.29, 0.717) is 6.29 Å². The van der Waals surface area contributed by atoms with Crippen LogP contribution in [0.15, 0.2) is 12.3 Å². The number of nitrogens with one attached hydrogen (secondary N) is 1. The van der Waals surface area contributed by atoms with Crippen molar-refractivity contribution in [3.05, 3.63) is 12.3 Å². The Morgan fingerprint density at radius 2 is 2.36 bits per heavy atom. The molecule has 2 aliphatic heterocycles. The van der Waals surface area contributed by atoms with Crippen LogP contribution in [0.5, 0.6) is 0 Å². The highest BCUT2D eigenvalue weighted by Crippen LogP contribution is 2.12. The van der Waals surface area contributed by atoms with Crippen molar-refractivity contribution in [1.29, 1.82) is 0 Å². The normalized spacial score (nSPS) is 32.1. The average Bonchev–Trinajstić information content (AvgIpc) is 2.06. The maximum Gasteiger partial charge on any atom is 0.136 e. The topological polar surface area (TPSA) is 18.5 Å². The Bertz CT molecular complexity index is 167. The standard InChI is InChI=1S/C8H15N3/c1-10-5-3-7-11-6-2-4-9-8(10)11/h2,6,8-9H,3-5,7H2,1H3. The van der Waals surface area contributed by atoms with Gasteiger partial charge in [-0.2, -0.15) is 0 Å². The summed E-state index contributed by atoms with van der Waals surface area (Å²) in [5, 5.41) is 3.44. The summed E-state index contributed by atoms with van der Waals surface area (Å²) in [5.74, 6) is 0. The van der Waals surface area contributed by atoms with Gasteiger partial charge in [-0.05, 0) is 19.7 Å². The van der Waals surface area contributed by atoms with E-state index in [2.05, 4.69) is 34.4 Å². The second-order valence-electron chi connectivity index (χ2n) is 3.24. The molecule has 0 aliphatic carbocycles. The van der Waals surface area contributed by atoms with Crippen LogP contribution in [0.1, 0.15) is 6.42 Å². The molecule has 0 aromatic carbocycles. The molecule has 0 radical (unpaired) electrons. The molecule has 62 valence electrons. The third-order valence-electron chi connectivity index (χ3n) is 2.37. The summed E-state index contributed by atoms with van der Waals surface area (Å²) in [6.45, 7) is 3.41. The lowest BCUT2D eigenvalue weighted by Crippen LogP contribution is -2.59. The highest BCUT2D eigenvalue weighted by atomic mass is 15.5. The van der Waals surface area contributed by atoms with E-state index in [9.17, 15) is 0 Å². The van der Waals surface area contributed by atoms with Gasteiger partial charge in [0, 0.05) is 19.6 Å². The predicted octanol–water partition coefficient (Wildman–Crippen LogP) is 0.0244. The van der Waals surface area contributed by atoms with Crippen molar-refractivity contribution < 1.29 is 0 Å². The van der Waals surface area contributed by atoms with Gasteiger partial charge in [-0.25, -0.2) is 0 Å².